The molecule has 0 saturated carbocycles. The van der Waals surface area contributed by atoms with Crippen LogP contribution < -0.4 is 0 Å². The van der Waals surface area contributed by atoms with Gasteiger partial charge in [0.05, 0.1) is 0 Å². The van der Waals surface area contributed by atoms with Gasteiger partial charge in [0, 0.05) is 0 Å². The highest BCUT2D eigenvalue weighted by molar-refractivity contribution is 7.51. The highest BCUT2D eigenvalue weighted by Crippen LogP contribution is 2.23. The standard InChI is InChI=1S/C2H5Cl4Si2/c1-8(5,6)2-7(3)4/h2H2,1H3. The van der Waals surface area contributed by atoms with Crippen LogP contribution in [0.15, 0.2) is 0 Å². The summed E-state index contributed by atoms with van der Waals surface area (Å²) >= 11 is 22.4. The fraction of sp³-hybridized carbons (Fsp3) is 1.00. The lowest BCUT2D eigenvalue weighted by molar-refractivity contribution is 1.91. The number of hydrogen-bond acceptors (Lipinski definition) is 0. The first kappa shape index (κ1) is 9.59. The second-order valence-electron chi connectivity index (χ2n) is 1.59. The molecule has 0 spiro atoms. The Hall–Kier alpha value is 1.59. The quantitative estimate of drug-likeness (QED) is 0.502. The summed E-state index contributed by atoms with van der Waals surface area (Å²) in [5, 5.41) is 0. The Morgan fingerprint density at radius 1 is 1.38 bits per heavy atom. The van der Waals surface area contributed by atoms with E-state index in [4.69, 9.17) is 44.3 Å². The molecule has 6 heteroatoms. The maximum absolute atomic E-state index is 5.69. The molecule has 0 rings (SSSR count). The van der Waals surface area contributed by atoms with E-state index < -0.39 is 14.1 Å². The Balaban J connectivity index is 3.39. The van der Waals surface area contributed by atoms with Gasteiger partial charge < -0.3 is 0 Å². The van der Waals surface area contributed by atoms with Gasteiger partial charge in [-0.05, 0) is 12.2 Å². The number of rotatable bonds is 2. The van der Waals surface area contributed by atoms with Crippen LogP contribution in [-0.2, 0) is 0 Å². The molecule has 0 aliphatic heterocycles. The molecule has 8 heavy (non-hydrogen) atoms. The fourth-order valence-electron chi connectivity index (χ4n) is 0.235. The molecule has 0 aliphatic carbocycles. The molecule has 1 radical (unpaired) electrons. The van der Waals surface area contributed by atoms with Crippen molar-refractivity contribution in [3.05, 3.63) is 0 Å². The lowest BCUT2D eigenvalue weighted by Gasteiger charge is -2.06. The summed E-state index contributed by atoms with van der Waals surface area (Å²) in [5.74, 6) is 0. The van der Waals surface area contributed by atoms with Crippen LogP contribution in [0, 0.1) is 0 Å². The average molecular weight is 227 g/mol. The summed E-state index contributed by atoms with van der Waals surface area (Å²) < 4.78 is 0. The molecule has 0 heterocycles. The van der Waals surface area contributed by atoms with E-state index >= 15 is 0 Å². The number of hydrogen-bond donors (Lipinski definition) is 0. The molecule has 49 valence electrons. The van der Waals surface area contributed by atoms with E-state index in [2.05, 4.69) is 0 Å². The lowest BCUT2D eigenvalue weighted by atomic mass is 11.8. The molecular formula is C2H5Cl4Si2. The summed E-state index contributed by atoms with van der Waals surface area (Å²) in [6, 6.07) is 0. The Morgan fingerprint density at radius 2 is 1.75 bits per heavy atom. The zero-order valence-corrected chi connectivity index (χ0v) is 9.24. The van der Waals surface area contributed by atoms with Crippen molar-refractivity contribution in [2.75, 3.05) is 0 Å². The van der Waals surface area contributed by atoms with Crippen molar-refractivity contribution >= 4 is 58.4 Å². The Kier molecular flexibility index (Phi) is 4.42. The van der Waals surface area contributed by atoms with E-state index in [0.29, 0.717) is 5.67 Å². The molecule has 0 amide bonds. The summed E-state index contributed by atoms with van der Waals surface area (Å²) in [4.78, 5) is 0. The predicted molar refractivity (Wildman–Crippen MR) is 45.6 cm³/mol. The summed E-state index contributed by atoms with van der Waals surface area (Å²) in [6.07, 6.45) is 0. The second-order valence-corrected chi connectivity index (χ2v) is 14.7. The van der Waals surface area contributed by atoms with Crippen molar-refractivity contribution in [2.45, 2.75) is 12.2 Å². The van der Waals surface area contributed by atoms with E-state index in [1.807, 2.05) is 6.55 Å². The Morgan fingerprint density at radius 3 is 1.75 bits per heavy atom. The summed E-state index contributed by atoms with van der Waals surface area (Å²) in [5.41, 5.74) is 0.629. The summed E-state index contributed by atoms with van der Waals surface area (Å²) in [6.45, 7) is -0.183. The van der Waals surface area contributed by atoms with Gasteiger partial charge >= 0.3 is 0 Å². The third kappa shape index (κ3) is 7.59. The molecule has 0 fully saturated rings. The van der Waals surface area contributed by atoms with Crippen LogP contribution >= 0.6 is 44.3 Å². The normalized spacial score (nSPS) is 12.8. The maximum atomic E-state index is 5.69. The van der Waals surface area contributed by atoms with Crippen molar-refractivity contribution in [3.63, 3.8) is 0 Å². The predicted octanol–water partition coefficient (Wildman–Crippen LogP) is 3.04. The third-order valence-corrected chi connectivity index (χ3v) is 8.81. The first-order valence-corrected chi connectivity index (χ1v) is 10.4. The SMILES string of the molecule is C[Si](Cl)(Cl)C[Si](Cl)Cl. The Bertz CT molecular complexity index is 66.9. The smallest absolute Gasteiger partial charge is 0.147 e. The zero-order chi connectivity index (χ0) is 6.78. The minimum absolute atomic E-state index is 0.629. The van der Waals surface area contributed by atoms with Crippen LogP contribution in [0.1, 0.15) is 0 Å². The molecule has 0 aromatic carbocycles. The third-order valence-electron chi connectivity index (χ3n) is 0.444. The van der Waals surface area contributed by atoms with Gasteiger partial charge in [-0.15, -0.1) is 44.3 Å². The van der Waals surface area contributed by atoms with Gasteiger partial charge in [0.25, 0.3) is 7.42 Å². The molecule has 0 aliphatic rings. The molecule has 0 unspecified atom stereocenters. The van der Waals surface area contributed by atoms with Crippen LogP contribution in [0.4, 0.5) is 0 Å². The molecule has 0 atom stereocenters. The van der Waals surface area contributed by atoms with Gasteiger partial charge in [-0.25, -0.2) is 0 Å². The second kappa shape index (κ2) is 3.69. The van der Waals surface area contributed by atoms with Gasteiger partial charge in [0.1, 0.15) is 0 Å². The van der Waals surface area contributed by atoms with Crippen molar-refractivity contribution in [2.24, 2.45) is 0 Å². The largest absolute Gasteiger partial charge is 0.273 e. The van der Waals surface area contributed by atoms with Gasteiger partial charge in [0.15, 0.2) is 0 Å². The average Bonchev–Trinajstić information content (AvgIpc) is 1.21. The van der Waals surface area contributed by atoms with Crippen LogP contribution in [0.2, 0.25) is 12.2 Å². The highest BCUT2D eigenvalue weighted by Gasteiger charge is 2.25. The molecule has 0 saturated heterocycles. The molecule has 0 nitrogen and oxygen atoms in total. The molecular weight excluding hydrogens is 222 g/mol. The molecule has 0 aromatic heterocycles. The monoisotopic (exact) mass is 225 g/mol. The van der Waals surface area contributed by atoms with Crippen LogP contribution in [-0.4, -0.2) is 14.1 Å². The van der Waals surface area contributed by atoms with E-state index in [1.54, 1.807) is 0 Å². The first-order chi connectivity index (χ1) is 3.42. The van der Waals surface area contributed by atoms with E-state index in [0.717, 1.165) is 0 Å². The maximum Gasteiger partial charge on any atom is 0.273 e. The van der Waals surface area contributed by atoms with Crippen LogP contribution in [0.25, 0.3) is 0 Å². The van der Waals surface area contributed by atoms with Crippen LogP contribution in [0.3, 0.4) is 0 Å². The molecule has 0 N–H and O–H groups in total. The van der Waals surface area contributed by atoms with Gasteiger partial charge in [0.2, 0.25) is 6.69 Å². The highest BCUT2D eigenvalue weighted by atomic mass is 35.7. The van der Waals surface area contributed by atoms with E-state index in [-0.39, 0.29) is 0 Å². The van der Waals surface area contributed by atoms with Gasteiger partial charge in [-0.2, -0.15) is 0 Å². The van der Waals surface area contributed by atoms with Crippen molar-refractivity contribution < 1.29 is 0 Å². The van der Waals surface area contributed by atoms with Gasteiger partial charge in [-0.3, -0.25) is 0 Å². The fourth-order valence-corrected chi connectivity index (χ4v) is 11.8. The molecule has 0 bridgehead atoms. The Labute approximate surface area is 70.5 Å². The van der Waals surface area contributed by atoms with Gasteiger partial charge in [-0.1, -0.05) is 0 Å². The van der Waals surface area contributed by atoms with E-state index in [1.165, 1.54) is 0 Å². The van der Waals surface area contributed by atoms with Crippen molar-refractivity contribution in [1.29, 1.82) is 0 Å². The van der Waals surface area contributed by atoms with E-state index in [9.17, 15) is 0 Å². The van der Waals surface area contributed by atoms with Crippen molar-refractivity contribution in [3.8, 4) is 0 Å². The zero-order valence-electron chi connectivity index (χ0n) is 4.22. The minimum Gasteiger partial charge on any atom is -0.147 e. The van der Waals surface area contributed by atoms with Crippen molar-refractivity contribution in [1.82, 2.24) is 0 Å². The minimum atomic E-state index is -1.99. The number of halogens is 4. The summed E-state index contributed by atoms with van der Waals surface area (Å²) in [7, 11) is -1.25. The van der Waals surface area contributed by atoms with Crippen LogP contribution in [0.5, 0.6) is 0 Å². The molecule has 0 aromatic rings. The lowest BCUT2D eigenvalue weighted by Crippen LogP contribution is -2.17. The first-order valence-electron chi connectivity index (χ1n) is 1.96. The topological polar surface area (TPSA) is 0 Å².